The van der Waals surface area contributed by atoms with Crippen molar-refractivity contribution in [1.29, 1.82) is 0 Å². The van der Waals surface area contributed by atoms with Crippen molar-refractivity contribution in [3.05, 3.63) is 35.4 Å². The predicted molar refractivity (Wildman–Crippen MR) is 174 cm³/mol. The fraction of sp³-hybridized carbons (Fsp3) is 0.750. The average Bonchev–Trinajstić information content (AvgIpc) is 2.97. The first-order chi connectivity index (χ1) is 21.3. The average molecular weight is 631 g/mol. The Morgan fingerprint density at radius 3 is 1.62 bits per heavy atom. The van der Waals surface area contributed by atoms with E-state index in [-0.39, 0.29) is 48.3 Å². The van der Waals surface area contributed by atoms with E-state index in [2.05, 4.69) is 10.6 Å². The Morgan fingerprint density at radius 2 is 1.13 bits per heavy atom. The van der Waals surface area contributed by atoms with Gasteiger partial charge in [0, 0.05) is 17.7 Å². The third kappa shape index (κ3) is 15.1. The monoisotopic (exact) mass is 630 g/mol. The molecule has 2 aliphatic carbocycles. The van der Waals surface area contributed by atoms with Crippen molar-refractivity contribution in [2.75, 3.05) is 6.61 Å². The molecule has 0 saturated heterocycles. The molecule has 9 nitrogen and oxygen atoms in total. The van der Waals surface area contributed by atoms with Crippen molar-refractivity contribution < 1.29 is 33.3 Å². The number of esters is 3. The molecule has 0 heterocycles. The highest BCUT2D eigenvalue weighted by molar-refractivity contribution is 5.83. The quantitative estimate of drug-likeness (QED) is 0.131. The minimum absolute atomic E-state index is 0.0264. The van der Waals surface area contributed by atoms with Gasteiger partial charge in [-0.1, -0.05) is 37.1 Å². The Hall–Kier alpha value is -2.49. The van der Waals surface area contributed by atoms with Gasteiger partial charge < -0.3 is 18.9 Å². The molecule has 3 rings (SSSR count). The zero-order valence-corrected chi connectivity index (χ0v) is 28.6. The van der Waals surface area contributed by atoms with Crippen molar-refractivity contribution in [1.82, 2.24) is 10.6 Å². The summed E-state index contributed by atoms with van der Waals surface area (Å²) in [5, 5.41) is 6.63. The first-order valence-electron chi connectivity index (χ1n) is 17.0. The normalized spacial score (nSPS) is 18.2. The molecule has 45 heavy (non-hydrogen) atoms. The van der Waals surface area contributed by atoms with Gasteiger partial charge >= 0.3 is 17.9 Å². The van der Waals surface area contributed by atoms with Crippen LogP contribution in [-0.2, 0) is 46.5 Å². The minimum atomic E-state index is -0.758. The zero-order valence-electron chi connectivity index (χ0n) is 28.6. The van der Waals surface area contributed by atoms with Crippen molar-refractivity contribution >= 4 is 17.9 Å². The van der Waals surface area contributed by atoms with Gasteiger partial charge in [-0.3, -0.25) is 25.0 Å². The molecule has 2 aliphatic rings. The number of benzene rings is 1. The highest BCUT2D eigenvalue weighted by atomic mass is 16.6. The molecule has 0 aliphatic heterocycles. The van der Waals surface area contributed by atoms with Crippen LogP contribution in [0.2, 0.25) is 0 Å². The zero-order chi connectivity index (χ0) is 32.9. The van der Waals surface area contributed by atoms with Crippen LogP contribution in [-0.4, -0.2) is 59.9 Å². The van der Waals surface area contributed by atoms with E-state index in [1.54, 1.807) is 0 Å². The van der Waals surface area contributed by atoms with Gasteiger partial charge in [0.15, 0.2) is 0 Å². The molecule has 2 saturated carbocycles. The Labute approximate surface area is 270 Å². The third-order valence-electron chi connectivity index (χ3n) is 8.07. The molecule has 0 radical (unpaired) electrons. The standard InChI is InChI=1S/C36H58N2O7/c1-35(2,3)37-30(33(40)44-28-13-9-7-10-14-28)21-22-42-24-26-17-19-27(20-18-26)25-43-32(39)23-31(38-36(4,5)6)34(41)45-29-15-11-8-12-16-29/h17-20,28-31,37-38H,7-16,21-25H2,1-6H3. The molecule has 2 N–H and O–H groups in total. The van der Waals surface area contributed by atoms with Crippen molar-refractivity contribution in [3.8, 4) is 0 Å². The lowest BCUT2D eigenvalue weighted by Gasteiger charge is -2.29. The molecule has 0 amide bonds. The second kappa shape index (κ2) is 18.0. The fourth-order valence-electron chi connectivity index (χ4n) is 5.86. The van der Waals surface area contributed by atoms with E-state index in [4.69, 9.17) is 18.9 Å². The maximum absolute atomic E-state index is 12.9. The van der Waals surface area contributed by atoms with Gasteiger partial charge in [-0.25, -0.2) is 0 Å². The summed E-state index contributed by atoms with van der Waals surface area (Å²) in [5.41, 5.74) is 1.24. The summed E-state index contributed by atoms with van der Waals surface area (Å²) in [6.45, 7) is 12.9. The van der Waals surface area contributed by atoms with Crippen LogP contribution in [0.15, 0.2) is 24.3 Å². The maximum Gasteiger partial charge on any atom is 0.324 e. The Bertz CT molecular complexity index is 1050. The van der Waals surface area contributed by atoms with Crippen LogP contribution in [0.25, 0.3) is 0 Å². The molecular formula is C36H58N2O7. The smallest absolute Gasteiger partial charge is 0.324 e. The number of nitrogens with one attached hydrogen (secondary N) is 2. The molecule has 254 valence electrons. The van der Waals surface area contributed by atoms with Crippen molar-refractivity contribution in [2.45, 2.75) is 167 Å². The molecule has 9 heteroatoms. The van der Waals surface area contributed by atoms with Gasteiger partial charge in [0.25, 0.3) is 0 Å². The number of hydrogen-bond acceptors (Lipinski definition) is 9. The molecule has 2 unspecified atom stereocenters. The number of carbonyl (C=O) groups excluding carboxylic acids is 3. The van der Waals surface area contributed by atoms with E-state index in [1.165, 1.54) is 12.8 Å². The number of rotatable bonds is 15. The largest absolute Gasteiger partial charge is 0.461 e. The molecule has 1 aromatic rings. The van der Waals surface area contributed by atoms with E-state index in [0.717, 1.165) is 62.5 Å². The Balaban J connectivity index is 1.42. The van der Waals surface area contributed by atoms with E-state index in [1.807, 2.05) is 65.8 Å². The summed E-state index contributed by atoms with van der Waals surface area (Å²) < 4.78 is 23.0. The molecule has 0 spiro atoms. The van der Waals surface area contributed by atoms with Crippen LogP contribution in [0.1, 0.15) is 130 Å². The van der Waals surface area contributed by atoms with Crippen LogP contribution in [0, 0.1) is 0 Å². The minimum Gasteiger partial charge on any atom is -0.461 e. The topological polar surface area (TPSA) is 112 Å². The van der Waals surface area contributed by atoms with E-state index >= 15 is 0 Å². The van der Waals surface area contributed by atoms with Crippen LogP contribution in [0.5, 0.6) is 0 Å². The number of ether oxygens (including phenoxy) is 4. The maximum atomic E-state index is 12.9. The lowest BCUT2D eigenvalue weighted by atomic mass is 9.97. The van der Waals surface area contributed by atoms with Gasteiger partial charge in [0.1, 0.15) is 30.9 Å². The van der Waals surface area contributed by atoms with Crippen molar-refractivity contribution in [3.63, 3.8) is 0 Å². The molecule has 0 aromatic heterocycles. The highest BCUT2D eigenvalue weighted by Crippen LogP contribution is 2.23. The first kappa shape index (κ1) is 37.0. The Morgan fingerprint density at radius 1 is 0.689 bits per heavy atom. The molecule has 0 bridgehead atoms. The van der Waals surface area contributed by atoms with Gasteiger partial charge in [-0.15, -0.1) is 0 Å². The van der Waals surface area contributed by atoms with E-state index in [0.29, 0.717) is 19.6 Å². The van der Waals surface area contributed by atoms with E-state index < -0.39 is 18.1 Å². The van der Waals surface area contributed by atoms with Crippen LogP contribution >= 0.6 is 0 Å². The summed E-state index contributed by atoms with van der Waals surface area (Å²) >= 11 is 0. The summed E-state index contributed by atoms with van der Waals surface area (Å²) in [4.78, 5) is 38.6. The second-order valence-corrected chi connectivity index (χ2v) is 14.8. The lowest BCUT2D eigenvalue weighted by molar-refractivity contribution is -0.158. The fourth-order valence-corrected chi connectivity index (χ4v) is 5.86. The SMILES string of the molecule is CC(C)(C)NC(CCOCc1ccc(COC(=O)CC(NC(C)(C)C)C(=O)OC2CCCCC2)cc1)C(=O)OC1CCCCC1. The summed E-state index contributed by atoms with van der Waals surface area (Å²) in [7, 11) is 0. The van der Waals surface area contributed by atoms with E-state index in [9.17, 15) is 14.4 Å². The van der Waals surface area contributed by atoms with Gasteiger partial charge in [-0.2, -0.15) is 0 Å². The number of hydrogen-bond donors (Lipinski definition) is 2. The van der Waals surface area contributed by atoms with Gasteiger partial charge in [0.2, 0.25) is 0 Å². The van der Waals surface area contributed by atoms with Crippen LogP contribution in [0.3, 0.4) is 0 Å². The van der Waals surface area contributed by atoms with Gasteiger partial charge in [-0.05, 0) is 110 Å². The lowest BCUT2D eigenvalue weighted by Crippen LogP contribution is -2.50. The third-order valence-corrected chi connectivity index (χ3v) is 8.07. The highest BCUT2D eigenvalue weighted by Gasteiger charge is 2.31. The molecule has 1 aromatic carbocycles. The number of carbonyl (C=O) groups is 3. The Kier molecular flexibility index (Phi) is 14.8. The first-order valence-corrected chi connectivity index (χ1v) is 17.0. The summed E-state index contributed by atoms with van der Waals surface area (Å²) in [6.07, 6.45) is 10.8. The summed E-state index contributed by atoms with van der Waals surface area (Å²) in [5.74, 6) is -1.04. The summed E-state index contributed by atoms with van der Waals surface area (Å²) in [6, 6.07) is 6.51. The molecule has 2 atom stereocenters. The van der Waals surface area contributed by atoms with Crippen molar-refractivity contribution in [2.24, 2.45) is 0 Å². The van der Waals surface area contributed by atoms with Gasteiger partial charge in [0.05, 0.1) is 13.0 Å². The molecule has 2 fully saturated rings. The molecular weight excluding hydrogens is 572 g/mol. The van der Waals surface area contributed by atoms with Crippen LogP contribution in [0.4, 0.5) is 0 Å². The second-order valence-electron chi connectivity index (χ2n) is 14.8. The predicted octanol–water partition coefficient (Wildman–Crippen LogP) is 6.29. The van der Waals surface area contributed by atoms with Crippen LogP contribution < -0.4 is 10.6 Å².